The number of fused-ring (bicyclic) bond motifs is 1. The lowest BCUT2D eigenvalue weighted by Gasteiger charge is -2.13. The molecular formula is C18H15BrN2O3S. The molecule has 1 heterocycles. The maximum absolute atomic E-state index is 12.4. The van der Waals surface area contributed by atoms with Gasteiger partial charge in [-0.2, -0.15) is 0 Å². The third-order valence-corrected chi connectivity index (χ3v) is 5.07. The van der Waals surface area contributed by atoms with Gasteiger partial charge in [-0.05, 0) is 42.7 Å². The number of nitrogens with zero attached hydrogens (tertiary/aromatic N) is 1. The largest absolute Gasteiger partial charge is 0.326 e. The average Bonchev–Trinajstić information content (AvgIpc) is 2.83. The Morgan fingerprint density at radius 1 is 1.12 bits per heavy atom. The molecule has 1 N–H and O–H groups in total. The van der Waals surface area contributed by atoms with Gasteiger partial charge in [-0.25, -0.2) is 0 Å². The summed E-state index contributed by atoms with van der Waals surface area (Å²) in [5.74, 6) is -0.959. The summed E-state index contributed by atoms with van der Waals surface area (Å²) in [6.07, 6.45) is 2.01. The van der Waals surface area contributed by atoms with Crippen LogP contribution in [0, 0.1) is 0 Å². The SMILES string of the molecule is CSc1cccc(NC(=O)CCN2C(=O)c3ccc(Br)cc3C2=O)c1. The average molecular weight is 419 g/mol. The number of halogens is 1. The van der Waals surface area contributed by atoms with Gasteiger partial charge in [-0.3, -0.25) is 19.3 Å². The van der Waals surface area contributed by atoms with E-state index in [1.165, 1.54) is 0 Å². The van der Waals surface area contributed by atoms with Crippen LogP contribution in [-0.4, -0.2) is 35.4 Å². The first-order chi connectivity index (χ1) is 12.0. The molecule has 128 valence electrons. The Morgan fingerprint density at radius 3 is 2.64 bits per heavy atom. The highest BCUT2D eigenvalue weighted by atomic mass is 79.9. The summed E-state index contributed by atoms with van der Waals surface area (Å²) >= 11 is 4.88. The van der Waals surface area contributed by atoms with Crippen LogP contribution in [0.15, 0.2) is 51.8 Å². The van der Waals surface area contributed by atoms with Crippen molar-refractivity contribution in [3.63, 3.8) is 0 Å². The topological polar surface area (TPSA) is 66.5 Å². The molecule has 0 spiro atoms. The molecule has 0 atom stereocenters. The lowest BCUT2D eigenvalue weighted by atomic mass is 10.1. The van der Waals surface area contributed by atoms with Crippen LogP contribution in [0.4, 0.5) is 5.69 Å². The van der Waals surface area contributed by atoms with Gasteiger partial charge >= 0.3 is 0 Å². The lowest BCUT2D eigenvalue weighted by molar-refractivity contribution is -0.116. The molecule has 0 bridgehead atoms. The first kappa shape index (κ1) is 17.7. The van der Waals surface area contributed by atoms with Gasteiger partial charge in [0.25, 0.3) is 11.8 Å². The van der Waals surface area contributed by atoms with Crippen molar-refractivity contribution in [2.75, 3.05) is 18.1 Å². The Kier molecular flexibility index (Phi) is 5.24. The van der Waals surface area contributed by atoms with E-state index in [-0.39, 0.29) is 30.7 Å². The van der Waals surface area contributed by atoms with Crippen molar-refractivity contribution in [2.24, 2.45) is 0 Å². The van der Waals surface area contributed by atoms with Crippen molar-refractivity contribution in [3.05, 3.63) is 58.1 Å². The Morgan fingerprint density at radius 2 is 1.88 bits per heavy atom. The fraction of sp³-hybridized carbons (Fsp3) is 0.167. The normalized spacial score (nSPS) is 13.1. The van der Waals surface area contributed by atoms with E-state index in [9.17, 15) is 14.4 Å². The van der Waals surface area contributed by atoms with Crippen LogP contribution in [0.25, 0.3) is 0 Å². The van der Waals surface area contributed by atoms with E-state index < -0.39 is 0 Å². The molecule has 2 aromatic carbocycles. The van der Waals surface area contributed by atoms with Crippen molar-refractivity contribution in [2.45, 2.75) is 11.3 Å². The van der Waals surface area contributed by atoms with Crippen LogP contribution in [-0.2, 0) is 4.79 Å². The minimum atomic E-state index is -0.363. The summed E-state index contributed by atoms with van der Waals surface area (Å²) in [5.41, 5.74) is 1.44. The smallest absolute Gasteiger partial charge is 0.261 e. The Bertz CT molecular complexity index is 869. The van der Waals surface area contributed by atoms with Crippen molar-refractivity contribution >= 4 is 51.1 Å². The van der Waals surface area contributed by atoms with E-state index in [0.717, 1.165) is 14.3 Å². The van der Waals surface area contributed by atoms with Crippen LogP contribution < -0.4 is 5.32 Å². The summed E-state index contributed by atoms with van der Waals surface area (Å²) in [5, 5.41) is 2.79. The van der Waals surface area contributed by atoms with Crippen molar-refractivity contribution in [1.29, 1.82) is 0 Å². The molecule has 0 radical (unpaired) electrons. The molecule has 0 aliphatic carbocycles. The van der Waals surface area contributed by atoms with Crippen LogP contribution in [0.1, 0.15) is 27.1 Å². The van der Waals surface area contributed by atoms with Crippen LogP contribution in [0.2, 0.25) is 0 Å². The molecule has 0 saturated heterocycles. The Balaban J connectivity index is 1.63. The maximum Gasteiger partial charge on any atom is 0.261 e. The van der Waals surface area contributed by atoms with Gasteiger partial charge in [0.15, 0.2) is 0 Å². The summed E-state index contributed by atoms with van der Waals surface area (Å²) in [6.45, 7) is 0.0536. The van der Waals surface area contributed by atoms with Gasteiger partial charge in [0, 0.05) is 28.0 Å². The number of thioether (sulfide) groups is 1. The molecule has 1 aliphatic rings. The molecule has 3 rings (SSSR count). The molecule has 7 heteroatoms. The minimum absolute atomic E-state index is 0.0517. The Labute approximate surface area is 157 Å². The van der Waals surface area contributed by atoms with Gasteiger partial charge in [0.2, 0.25) is 5.91 Å². The third-order valence-electron chi connectivity index (χ3n) is 3.85. The molecular weight excluding hydrogens is 404 g/mol. The molecule has 5 nitrogen and oxygen atoms in total. The minimum Gasteiger partial charge on any atom is -0.326 e. The fourth-order valence-electron chi connectivity index (χ4n) is 2.60. The number of hydrogen-bond donors (Lipinski definition) is 1. The number of nitrogens with one attached hydrogen (secondary N) is 1. The third kappa shape index (κ3) is 3.77. The van der Waals surface area contributed by atoms with E-state index in [0.29, 0.717) is 16.8 Å². The van der Waals surface area contributed by atoms with E-state index >= 15 is 0 Å². The summed E-state index contributed by atoms with van der Waals surface area (Å²) < 4.78 is 0.737. The molecule has 25 heavy (non-hydrogen) atoms. The molecule has 2 aromatic rings. The predicted octanol–water partition coefficient (Wildman–Crippen LogP) is 3.80. The summed E-state index contributed by atoms with van der Waals surface area (Å²) in [4.78, 5) is 39.0. The van der Waals surface area contributed by atoms with E-state index in [2.05, 4.69) is 21.2 Å². The number of hydrogen-bond acceptors (Lipinski definition) is 4. The first-order valence-corrected chi connectivity index (χ1v) is 9.61. The molecule has 0 saturated carbocycles. The lowest BCUT2D eigenvalue weighted by Crippen LogP contribution is -2.32. The number of carbonyl (C=O) groups is 3. The van der Waals surface area contributed by atoms with Crippen LogP contribution in [0.3, 0.4) is 0 Å². The summed E-state index contributed by atoms with van der Waals surface area (Å²) in [7, 11) is 0. The van der Waals surface area contributed by atoms with Crippen molar-refractivity contribution in [1.82, 2.24) is 4.90 Å². The first-order valence-electron chi connectivity index (χ1n) is 7.59. The molecule has 3 amide bonds. The second kappa shape index (κ2) is 7.41. The molecule has 1 aliphatic heterocycles. The van der Waals surface area contributed by atoms with Crippen LogP contribution in [0.5, 0.6) is 0 Å². The fourth-order valence-corrected chi connectivity index (χ4v) is 3.42. The predicted molar refractivity (Wildman–Crippen MR) is 101 cm³/mol. The highest BCUT2D eigenvalue weighted by molar-refractivity contribution is 9.10. The van der Waals surface area contributed by atoms with E-state index in [1.54, 1.807) is 36.0 Å². The van der Waals surface area contributed by atoms with E-state index in [1.807, 2.05) is 24.5 Å². The monoisotopic (exact) mass is 418 g/mol. The number of carbonyl (C=O) groups excluding carboxylic acids is 3. The zero-order chi connectivity index (χ0) is 18.0. The van der Waals surface area contributed by atoms with Gasteiger partial charge in [0.1, 0.15) is 0 Å². The number of anilines is 1. The zero-order valence-electron chi connectivity index (χ0n) is 13.4. The number of benzene rings is 2. The van der Waals surface area contributed by atoms with Crippen LogP contribution >= 0.6 is 27.7 Å². The van der Waals surface area contributed by atoms with Gasteiger partial charge in [-0.1, -0.05) is 22.0 Å². The zero-order valence-corrected chi connectivity index (χ0v) is 15.8. The Hall–Kier alpha value is -2.12. The second-order valence-corrected chi connectivity index (χ2v) is 7.28. The maximum atomic E-state index is 12.4. The highest BCUT2D eigenvalue weighted by Gasteiger charge is 2.35. The second-order valence-electron chi connectivity index (χ2n) is 5.48. The quantitative estimate of drug-likeness (QED) is 0.592. The van der Waals surface area contributed by atoms with E-state index in [4.69, 9.17) is 0 Å². The molecule has 0 fully saturated rings. The van der Waals surface area contributed by atoms with Gasteiger partial charge < -0.3 is 5.32 Å². The number of imide groups is 1. The summed E-state index contributed by atoms with van der Waals surface area (Å²) in [6, 6.07) is 12.5. The number of amides is 3. The molecule has 0 unspecified atom stereocenters. The number of rotatable bonds is 5. The van der Waals surface area contributed by atoms with Crippen molar-refractivity contribution in [3.8, 4) is 0 Å². The highest BCUT2D eigenvalue weighted by Crippen LogP contribution is 2.26. The molecule has 0 aromatic heterocycles. The standard InChI is InChI=1S/C18H15BrN2O3S/c1-25-13-4-2-3-12(10-13)20-16(22)7-8-21-17(23)14-6-5-11(19)9-15(14)18(21)24/h2-6,9-10H,7-8H2,1H3,(H,20,22). The van der Waals surface area contributed by atoms with Gasteiger partial charge in [0.05, 0.1) is 11.1 Å². The van der Waals surface area contributed by atoms with Crippen molar-refractivity contribution < 1.29 is 14.4 Å². The van der Waals surface area contributed by atoms with Gasteiger partial charge in [-0.15, -0.1) is 11.8 Å².